The SMILES string of the molecule is NC(CC(=O)NCCc1csc(N2CCCC2)n1)c1ccccc1. The fourth-order valence-corrected chi connectivity index (χ4v) is 3.80. The van der Waals surface area contributed by atoms with Gasteiger partial charge < -0.3 is 16.0 Å². The lowest BCUT2D eigenvalue weighted by Crippen LogP contribution is -2.29. The number of hydrogen-bond donors (Lipinski definition) is 2. The van der Waals surface area contributed by atoms with E-state index in [0.29, 0.717) is 13.0 Å². The summed E-state index contributed by atoms with van der Waals surface area (Å²) in [6, 6.07) is 9.47. The zero-order valence-electron chi connectivity index (χ0n) is 13.8. The molecular weight excluding hydrogens is 320 g/mol. The van der Waals surface area contributed by atoms with Gasteiger partial charge in [-0.15, -0.1) is 11.3 Å². The molecule has 0 spiro atoms. The molecule has 2 aromatic rings. The van der Waals surface area contributed by atoms with Gasteiger partial charge in [0.15, 0.2) is 5.13 Å². The first-order chi connectivity index (χ1) is 11.7. The van der Waals surface area contributed by atoms with Crippen molar-refractivity contribution in [1.82, 2.24) is 10.3 Å². The summed E-state index contributed by atoms with van der Waals surface area (Å²) in [5, 5.41) is 6.15. The first-order valence-electron chi connectivity index (χ1n) is 8.49. The maximum absolute atomic E-state index is 12.0. The second kappa shape index (κ2) is 8.26. The lowest BCUT2D eigenvalue weighted by atomic mass is 10.0. The summed E-state index contributed by atoms with van der Waals surface area (Å²) in [4.78, 5) is 19.0. The standard InChI is InChI=1S/C18H24N4OS/c19-16(14-6-2-1-3-7-14)12-17(23)20-9-8-15-13-24-18(21-15)22-10-4-5-11-22/h1-3,6-7,13,16H,4-5,8-12,19H2,(H,20,23). The van der Waals surface area contributed by atoms with Crippen molar-refractivity contribution < 1.29 is 4.79 Å². The highest BCUT2D eigenvalue weighted by molar-refractivity contribution is 7.13. The van der Waals surface area contributed by atoms with Crippen molar-refractivity contribution >= 4 is 22.4 Å². The predicted octanol–water partition coefficient (Wildman–Crippen LogP) is 2.49. The number of nitrogens with one attached hydrogen (secondary N) is 1. The third kappa shape index (κ3) is 4.55. The summed E-state index contributed by atoms with van der Waals surface area (Å²) in [5.74, 6) is -0.0126. The van der Waals surface area contributed by atoms with Gasteiger partial charge in [0.2, 0.25) is 5.91 Å². The summed E-state index contributed by atoms with van der Waals surface area (Å²) in [5.41, 5.74) is 8.11. The Labute approximate surface area is 146 Å². The smallest absolute Gasteiger partial charge is 0.221 e. The number of carbonyl (C=O) groups excluding carboxylic acids is 1. The molecule has 1 aliphatic rings. The van der Waals surface area contributed by atoms with Crippen molar-refractivity contribution in [1.29, 1.82) is 0 Å². The summed E-state index contributed by atoms with van der Waals surface area (Å²) in [7, 11) is 0. The number of hydrogen-bond acceptors (Lipinski definition) is 5. The molecule has 1 aliphatic heterocycles. The van der Waals surface area contributed by atoms with E-state index in [9.17, 15) is 4.79 Å². The van der Waals surface area contributed by atoms with Gasteiger partial charge in [0.05, 0.1) is 5.69 Å². The molecule has 3 N–H and O–H groups in total. The van der Waals surface area contributed by atoms with Gasteiger partial charge in [-0.2, -0.15) is 0 Å². The zero-order chi connectivity index (χ0) is 16.8. The Morgan fingerprint density at radius 3 is 2.79 bits per heavy atom. The van der Waals surface area contributed by atoms with Crippen LogP contribution >= 0.6 is 11.3 Å². The van der Waals surface area contributed by atoms with Gasteiger partial charge >= 0.3 is 0 Å². The summed E-state index contributed by atoms with van der Waals surface area (Å²) in [6.45, 7) is 2.83. The molecule has 1 amide bonds. The van der Waals surface area contributed by atoms with Crippen LogP contribution in [0.25, 0.3) is 0 Å². The number of nitrogens with zero attached hydrogens (tertiary/aromatic N) is 2. The van der Waals surface area contributed by atoms with Crippen LogP contribution in [0.2, 0.25) is 0 Å². The number of anilines is 1. The van der Waals surface area contributed by atoms with E-state index in [1.165, 1.54) is 12.8 Å². The van der Waals surface area contributed by atoms with E-state index in [1.807, 2.05) is 30.3 Å². The van der Waals surface area contributed by atoms with Crippen molar-refractivity contribution in [2.24, 2.45) is 5.73 Å². The van der Waals surface area contributed by atoms with Gasteiger partial charge in [0.25, 0.3) is 0 Å². The Morgan fingerprint density at radius 1 is 1.29 bits per heavy atom. The van der Waals surface area contributed by atoms with Gasteiger partial charge in [-0.05, 0) is 18.4 Å². The molecule has 1 unspecified atom stereocenters. The van der Waals surface area contributed by atoms with Gasteiger partial charge in [-0.3, -0.25) is 4.79 Å². The largest absolute Gasteiger partial charge is 0.356 e. The van der Waals surface area contributed by atoms with E-state index in [2.05, 4.69) is 20.6 Å². The number of nitrogens with two attached hydrogens (primary N) is 1. The monoisotopic (exact) mass is 344 g/mol. The van der Waals surface area contributed by atoms with Crippen LogP contribution < -0.4 is 16.0 Å². The molecule has 5 nitrogen and oxygen atoms in total. The van der Waals surface area contributed by atoms with Gasteiger partial charge in [-0.25, -0.2) is 4.98 Å². The number of thiazole rings is 1. The fourth-order valence-electron chi connectivity index (χ4n) is 2.88. The molecule has 1 fully saturated rings. The normalized spacial score (nSPS) is 15.5. The third-order valence-corrected chi connectivity index (χ3v) is 5.20. The maximum atomic E-state index is 12.0. The van der Waals surface area contributed by atoms with E-state index < -0.39 is 0 Å². The zero-order valence-corrected chi connectivity index (χ0v) is 14.6. The number of carbonyl (C=O) groups is 1. The van der Waals surface area contributed by atoms with Crippen molar-refractivity contribution in [2.45, 2.75) is 31.7 Å². The molecule has 1 atom stereocenters. The lowest BCUT2D eigenvalue weighted by Gasteiger charge is -2.12. The molecule has 24 heavy (non-hydrogen) atoms. The third-order valence-electron chi connectivity index (χ3n) is 4.25. The average Bonchev–Trinajstić information content (AvgIpc) is 3.27. The molecule has 128 valence electrons. The summed E-state index contributed by atoms with van der Waals surface area (Å²) < 4.78 is 0. The van der Waals surface area contributed by atoms with E-state index in [4.69, 9.17) is 5.73 Å². The quantitative estimate of drug-likeness (QED) is 0.809. The van der Waals surface area contributed by atoms with Gasteiger partial charge in [0, 0.05) is 43.9 Å². The molecule has 0 radical (unpaired) electrons. The van der Waals surface area contributed by atoms with E-state index in [1.54, 1.807) is 11.3 Å². The lowest BCUT2D eigenvalue weighted by molar-refractivity contribution is -0.121. The Hall–Kier alpha value is -1.92. The Morgan fingerprint density at radius 2 is 2.04 bits per heavy atom. The second-order valence-electron chi connectivity index (χ2n) is 6.14. The first-order valence-corrected chi connectivity index (χ1v) is 9.37. The second-order valence-corrected chi connectivity index (χ2v) is 6.97. The topological polar surface area (TPSA) is 71.2 Å². The highest BCUT2D eigenvalue weighted by Crippen LogP contribution is 2.24. The molecule has 1 aromatic carbocycles. The number of amides is 1. The number of rotatable bonds is 7. The van der Waals surface area contributed by atoms with Gasteiger partial charge in [-0.1, -0.05) is 30.3 Å². The van der Waals surface area contributed by atoms with Crippen molar-refractivity contribution in [2.75, 3.05) is 24.5 Å². The van der Waals surface area contributed by atoms with Crippen LogP contribution in [0.4, 0.5) is 5.13 Å². The number of aromatic nitrogens is 1. The Bertz CT molecular complexity index is 652. The van der Waals surface area contributed by atoms with E-state index in [0.717, 1.165) is 35.9 Å². The molecule has 6 heteroatoms. The molecule has 0 bridgehead atoms. The van der Waals surface area contributed by atoms with Crippen molar-refractivity contribution in [3.8, 4) is 0 Å². The Balaban J connectivity index is 1.40. The molecule has 2 heterocycles. The molecule has 3 rings (SSSR count). The first kappa shape index (κ1) is 16.9. The minimum absolute atomic E-state index is 0.0126. The van der Waals surface area contributed by atoms with E-state index in [-0.39, 0.29) is 11.9 Å². The maximum Gasteiger partial charge on any atom is 0.221 e. The minimum atomic E-state index is -0.257. The van der Waals surface area contributed by atoms with Crippen LogP contribution in [-0.4, -0.2) is 30.5 Å². The highest BCUT2D eigenvalue weighted by atomic mass is 32.1. The number of benzene rings is 1. The van der Waals surface area contributed by atoms with Crippen LogP contribution in [-0.2, 0) is 11.2 Å². The van der Waals surface area contributed by atoms with Crippen LogP contribution in [0.5, 0.6) is 0 Å². The average molecular weight is 344 g/mol. The van der Waals surface area contributed by atoms with Crippen LogP contribution in [0.1, 0.15) is 36.6 Å². The molecular formula is C18H24N4OS. The highest BCUT2D eigenvalue weighted by Gasteiger charge is 2.16. The predicted molar refractivity (Wildman–Crippen MR) is 98.3 cm³/mol. The van der Waals surface area contributed by atoms with Crippen LogP contribution in [0.15, 0.2) is 35.7 Å². The fraction of sp³-hybridized carbons (Fsp3) is 0.444. The van der Waals surface area contributed by atoms with Gasteiger partial charge in [0.1, 0.15) is 0 Å². The van der Waals surface area contributed by atoms with Crippen LogP contribution in [0, 0.1) is 0 Å². The summed E-state index contributed by atoms with van der Waals surface area (Å²) in [6.07, 6.45) is 3.58. The van der Waals surface area contributed by atoms with E-state index >= 15 is 0 Å². The molecule has 0 saturated carbocycles. The molecule has 1 aromatic heterocycles. The van der Waals surface area contributed by atoms with Crippen molar-refractivity contribution in [3.63, 3.8) is 0 Å². The molecule has 1 saturated heterocycles. The van der Waals surface area contributed by atoms with Crippen molar-refractivity contribution in [3.05, 3.63) is 47.0 Å². The minimum Gasteiger partial charge on any atom is -0.356 e. The summed E-state index contributed by atoms with van der Waals surface area (Å²) >= 11 is 1.70. The molecule has 0 aliphatic carbocycles. The Kier molecular flexibility index (Phi) is 5.82. The van der Waals surface area contributed by atoms with Crippen LogP contribution in [0.3, 0.4) is 0 Å².